The van der Waals surface area contributed by atoms with Crippen molar-refractivity contribution in [3.05, 3.63) is 71.8 Å². The van der Waals surface area contributed by atoms with Gasteiger partial charge in [0, 0.05) is 13.1 Å². The number of alkyl carbamates (subject to hydrolysis) is 1. The fourth-order valence-electron chi connectivity index (χ4n) is 3.58. The summed E-state index contributed by atoms with van der Waals surface area (Å²) in [7, 11) is 0. The molecule has 9 heteroatoms. The summed E-state index contributed by atoms with van der Waals surface area (Å²) >= 11 is 0. The van der Waals surface area contributed by atoms with Crippen LogP contribution in [0.2, 0.25) is 0 Å². The first-order valence-corrected chi connectivity index (χ1v) is 11.7. The minimum Gasteiger partial charge on any atom is -0.465 e. The van der Waals surface area contributed by atoms with Gasteiger partial charge in [0.25, 0.3) is 0 Å². The third kappa shape index (κ3) is 11.2. The van der Waals surface area contributed by atoms with Crippen LogP contribution in [0.5, 0.6) is 0 Å². The van der Waals surface area contributed by atoms with E-state index in [0.717, 1.165) is 11.1 Å². The van der Waals surface area contributed by atoms with Crippen LogP contribution < -0.4 is 16.0 Å². The monoisotopic (exact) mass is 487 g/mol. The molecule has 0 spiro atoms. The SMILES string of the molecule is CC(C)(C)OC(=O)N[C@@H](Cc1ccccc1)C(O)CNC[C@@H](O)[C@H](Cc1ccccc1)NC(=O)O. The van der Waals surface area contributed by atoms with Crippen molar-refractivity contribution in [2.24, 2.45) is 0 Å². The van der Waals surface area contributed by atoms with Gasteiger partial charge >= 0.3 is 12.2 Å². The Morgan fingerprint density at radius 1 is 0.800 bits per heavy atom. The number of carbonyl (C=O) groups excluding carboxylic acids is 1. The van der Waals surface area contributed by atoms with E-state index in [9.17, 15) is 19.8 Å². The number of hydrogen-bond acceptors (Lipinski definition) is 6. The normalized spacial score (nSPS) is 14.9. The van der Waals surface area contributed by atoms with Crippen molar-refractivity contribution in [3.8, 4) is 0 Å². The van der Waals surface area contributed by atoms with Gasteiger partial charge in [0.1, 0.15) is 5.60 Å². The van der Waals surface area contributed by atoms with Crippen molar-refractivity contribution in [3.63, 3.8) is 0 Å². The Labute approximate surface area is 206 Å². The summed E-state index contributed by atoms with van der Waals surface area (Å²) < 4.78 is 5.34. The highest BCUT2D eigenvalue weighted by Crippen LogP contribution is 2.11. The summed E-state index contributed by atoms with van der Waals surface area (Å²) in [6.45, 7) is 5.38. The quantitative estimate of drug-likeness (QED) is 0.270. The molecular formula is C26H37N3O6. The largest absolute Gasteiger partial charge is 0.465 e. The molecule has 1 unspecified atom stereocenters. The van der Waals surface area contributed by atoms with Crippen LogP contribution in [0.15, 0.2) is 60.7 Å². The summed E-state index contributed by atoms with van der Waals surface area (Å²) in [6, 6.07) is 17.3. The molecule has 0 radical (unpaired) electrons. The topological polar surface area (TPSA) is 140 Å². The fraction of sp³-hybridized carbons (Fsp3) is 0.462. The van der Waals surface area contributed by atoms with E-state index in [1.54, 1.807) is 20.8 Å². The van der Waals surface area contributed by atoms with E-state index < -0.39 is 42.1 Å². The van der Waals surface area contributed by atoms with Crippen LogP contribution in [0.3, 0.4) is 0 Å². The third-order valence-corrected chi connectivity index (χ3v) is 5.24. The van der Waals surface area contributed by atoms with Gasteiger partial charge < -0.3 is 36.0 Å². The molecule has 2 aromatic carbocycles. The molecule has 9 nitrogen and oxygen atoms in total. The second kappa shape index (κ2) is 13.7. The number of carboxylic acid groups (broad SMARTS) is 1. The number of nitrogens with one attached hydrogen (secondary N) is 3. The molecule has 35 heavy (non-hydrogen) atoms. The van der Waals surface area contributed by atoms with Crippen molar-refractivity contribution in [1.82, 2.24) is 16.0 Å². The number of ether oxygens (including phenoxy) is 1. The minimum absolute atomic E-state index is 0.0410. The number of benzene rings is 2. The molecule has 192 valence electrons. The molecule has 2 amide bonds. The Balaban J connectivity index is 1.97. The molecule has 0 heterocycles. The smallest absolute Gasteiger partial charge is 0.407 e. The Morgan fingerprint density at radius 2 is 1.23 bits per heavy atom. The number of amides is 2. The molecule has 0 aliphatic carbocycles. The van der Waals surface area contributed by atoms with Gasteiger partial charge in [-0.2, -0.15) is 0 Å². The maximum Gasteiger partial charge on any atom is 0.407 e. The van der Waals surface area contributed by atoms with Gasteiger partial charge in [0.15, 0.2) is 0 Å². The van der Waals surface area contributed by atoms with Crippen molar-refractivity contribution >= 4 is 12.2 Å². The molecule has 4 atom stereocenters. The van der Waals surface area contributed by atoms with Gasteiger partial charge in [-0.1, -0.05) is 60.7 Å². The summed E-state index contributed by atoms with van der Waals surface area (Å²) in [4.78, 5) is 23.6. The number of aliphatic hydroxyl groups excluding tert-OH is 2. The van der Waals surface area contributed by atoms with Gasteiger partial charge in [0.2, 0.25) is 0 Å². The highest BCUT2D eigenvalue weighted by Gasteiger charge is 2.26. The Kier molecular flexibility index (Phi) is 11.0. The highest BCUT2D eigenvalue weighted by atomic mass is 16.6. The summed E-state index contributed by atoms with van der Waals surface area (Å²) in [6.07, 6.45) is -3.20. The maximum atomic E-state index is 12.3. The van der Waals surface area contributed by atoms with Gasteiger partial charge in [-0.15, -0.1) is 0 Å². The van der Waals surface area contributed by atoms with E-state index in [4.69, 9.17) is 9.84 Å². The van der Waals surface area contributed by atoms with Crippen molar-refractivity contribution < 1.29 is 29.6 Å². The first kappa shape index (κ1) is 28.1. The standard InChI is InChI=1S/C26H37N3O6/c1-26(2,3)35-25(34)29-21(15-19-12-8-5-9-13-19)23(31)17-27-16-22(30)20(28-24(32)33)14-18-10-6-4-7-11-18/h4-13,20-23,27-28,30-31H,14-17H2,1-3H3,(H,29,34)(H,32,33)/t20-,21-,22+,23?/m0/s1. The minimum atomic E-state index is -1.23. The van der Waals surface area contributed by atoms with E-state index in [1.165, 1.54) is 0 Å². The molecule has 2 aromatic rings. The predicted octanol–water partition coefficient (Wildman–Crippen LogP) is 2.31. The number of rotatable bonds is 12. The Morgan fingerprint density at radius 3 is 1.63 bits per heavy atom. The average molecular weight is 488 g/mol. The molecule has 2 rings (SSSR count). The molecule has 0 aliphatic rings. The highest BCUT2D eigenvalue weighted by molar-refractivity contribution is 5.68. The molecule has 0 aromatic heterocycles. The average Bonchev–Trinajstić information content (AvgIpc) is 2.78. The zero-order valence-electron chi connectivity index (χ0n) is 20.5. The van der Waals surface area contributed by atoms with Crippen LogP contribution in [0, 0.1) is 0 Å². The second-order valence-electron chi connectivity index (χ2n) is 9.48. The molecular weight excluding hydrogens is 450 g/mol. The first-order chi connectivity index (χ1) is 16.5. The summed E-state index contributed by atoms with van der Waals surface area (Å²) in [5.41, 5.74) is 1.13. The van der Waals surface area contributed by atoms with E-state index >= 15 is 0 Å². The van der Waals surface area contributed by atoms with E-state index in [0.29, 0.717) is 12.8 Å². The molecule has 0 saturated carbocycles. The lowest BCUT2D eigenvalue weighted by molar-refractivity contribution is 0.0416. The Hall–Kier alpha value is -3.14. The number of carbonyl (C=O) groups is 2. The maximum absolute atomic E-state index is 12.3. The molecule has 0 bridgehead atoms. The zero-order valence-corrected chi connectivity index (χ0v) is 20.5. The van der Waals surface area contributed by atoms with Crippen molar-refractivity contribution in [2.75, 3.05) is 13.1 Å². The van der Waals surface area contributed by atoms with E-state index in [2.05, 4.69) is 16.0 Å². The van der Waals surface area contributed by atoms with Gasteiger partial charge in [-0.3, -0.25) is 0 Å². The summed E-state index contributed by atoms with van der Waals surface area (Å²) in [5.74, 6) is 0. The number of aliphatic hydroxyl groups is 2. The molecule has 0 aliphatic heterocycles. The number of hydrogen-bond donors (Lipinski definition) is 6. The Bertz CT molecular complexity index is 904. The van der Waals surface area contributed by atoms with Crippen LogP contribution >= 0.6 is 0 Å². The lowest BCUT2D eigenvalue weighted by Crippen LogP contribution is -2.52. The fourth-order valence-corrected chi connectivity index (χ4v) is 3.58. The second-order valence-corrected chi connectivity index (χ2v) is 9.48. The molecule has 0 fully saturated rings. The third-order valence-electron chi connectivity index (χ3n) is 5.24. The van der Waals surface area contributed by atoms with Crippen molar-refractivity contribution in [2.45, 2.75) is 63.5 Å². The van der Waals surface area contributed by atoms with Crippen LogP contribution in [0.1, 0.15) is 31.9 Å². The lowest BCUT2D eigenvalue weighted by Gasteiger charge is -2.28. The van der Waals surface area contributed by atoms with Gasteiger partial charge in [0.05, 0.1) is 24.3 Å². The predicted molar refractivity (Wildman–Crippen MR) is 133 cm³/mol. The van der Waals surface area contributed by atoms with Crippen LogP contribution in [0.25, 0.3) is 0 Å². The van der Waals surface area contributed by atoms with Crippen molar-refractivity contribution in [1.29, 1.82) is 0 Å². The first-order valence-electron chi connectivity index (χ1n) is 11.7. The van der Waals surface area contributed by atoms with E-state index in [1.807, 2.05) is 60.7 Å². The van der Waals surface area contributed by atoms with Crippen LogP contribution in [-0.2, 0) is 17.6 Å². The van der Waals surface area contributed by atoms with Gasteiger partial charge in [-0.25, -0.2) is 9.59 Å². The molecule has 6 N–H and O–H groups in total. The zero-order chi connectivity index (χ0) is 25.8. The van der Waals surface area contributed by atoms with Crippen LogP contribution in [0.4, 0.5) is 9.59 Å². The summed E-state index contributed by atoms with van der Waals surface area (Å²) in [5, 5.41) is 38.7. The van der Waals surface area contributed by atoms with Gasteiger partial charge in [-0.05, 0) is 44.7 Å². The van der Waals surface area contributed by atoms with Crippen LogP contribution in [-0.4, -0.2) is 70.5 Å². The molecule has 0 saturated heterocycles. The van der Waals surface area contributed by atoms with E-state index in [-0.39, 0.29) is 13.1 Å². The lowest BCUT2D eigenvalue weighted by atomic mass is 10.00.